The molecule has 0 amide bonds. The average molecular weight is 1090 g/mol. The Morgan fingerprint density at radius 1 is 0.446 bits per heavy atom. The normalized spacial score (nSPS) is 13.7. The molecule has 0 aliphatic carbocycles. The monoisotopic (exact) mass is 1090 g/mol. The third-order valence-corrected chi connectivity index (χ3v) is 10.9. The first kappa shape index (κ1) is 67.5. The van der Waals surface area contributed by atoms with Gasteiger partial charge in [-0.15, -0.1) is 23.7 Å². The number of benzene rings is 4. The fourth-order valence-corrected chi connectivity index (χ4v) is 6.10. The van der Waals surface area contributed by atoms with Crippen molar-refractivity contribution in [1.29, 1.82) is 0 Å². The lowest BCUT2D eigenvalue weighted by Gasteiger charge is -2.14. The van der Waals surface area contributed by atoms with Gasteiger partial charge < -0.3 is 58.6 Å². The molecule has 4 aromatic carbocycles. The predicted octanol–water partition coefficient (Wildman–Crippen LogP) is 10.3. The molecule has 0 aliphatic rings. The van der Waals surface area contributed by atoms with Crippen LogP contribution < -0.4 is 18.9 Å². The van der Waals surface area contributed by atoms with Crippen molar-refractivity contribution in [2.24, 2.45) is 11.8 Å². The molecule has 18 heteroatoms. The summed E-state index contributed by atoms with van der Waals surface area (Å²) in [6.07, 6.45) is 3.80. The molecule has 10 atom stereocenters. The van der Waals surface area contributed by atoms with Gasteiger partial charge in [0.15, 0.2) is 0 Å². The summed E-state index contributed by atoms with van der Waals surface area (Å²) >= 11 is 0. The second-order valence-corrected chi connectivity index (χ2v) is 17.9. The van der Waals surface area contributed by atoms with Gasteiger partial charge in [-0.2, -0.15) is 0 Å². The van der Waals surface area contributed by atoms with Crippen LogP contribution in [-0.4, -0.2) is 107 Å². The molecular weight excluding hydrogens is 1000 g/mol. The number of aliphatic hydroxyl groups is 6. The molecule has 0 radical (unpaired) electrons. The molecule has 4 aromatic rings. The van der Waals surface area contributed by atoms with Crippen LogP contribution in [0.4, 0.5) is 17.6 Å². The Hall–Kier alpha value is -4.54. The Bertz CT molecular complexity index is 2120. The summed E-state index contributed by atoms with van der Waals surface area (Å²) in [5, 5.41) is 56.4. The lowest BCUT2D eigenvalue weighted by Crippen LogP contribution is -2.19. The molecule has 0 aromatic heterocycles. The van der Waals surface area contributed by atoms with Gasteiger partial charge in [0, 0.05) is 46.5 Å². The Kier molecular flexibility index (Phi) is 38.9. The molecular formula is C56H82F4O12P2. The minimum absolute atomic E-state index is 0. The van der Waals surface area contributed by atoms with Crippen LogP contribution in [0.3, 0.4) is 0 Å². The van der Waals surface area contributed by atoms with Crippen molar-refractivity contribution in [2.45, 2.75) is 129 Å². The number of rotatable bonds is 28. The first-order valence-corrected chi connectivity index (χ1v) is 25.6. The van der Waals surface area contributed by atoms with Gasteiger partial charge in [0.1, 0.15) is 72.7 Å². The van der Waals surface area contributed by atoms with Crippen molar-refractivity contribution in [3.63, 3.8) is 0 Å². The van der Waals surface area contributed by atoms with Crippen molar-refractivity contribution in [3.05, 3.63) is 120 Å². The van der Waals surface area contributed by atoms with E-state index in [-0.39, 0.29) is 77.1 Å². The number of hydrogen-bond acceptors (Lipinski definition) is 12. The lowest BCUT2D eigenvalue weighted by atomic mass is 10.0. The standard InChI is InChI=1S/C16H22FO3P.C16H21FO3.C12H18FO3P.C12H17FO3.2H2/c1-13(4-2-3-11-20-21)5-8-15(18)12-19-16-9-6-14(17)7-10-16;1-13(4-2-3-11-18)5-8-15(19)12-20-16-9-6-14(17)7-10-16;1-9(16-17)2-5-11(14)8-15-12-6-3-10(13)4-7-12;1-9(14)2-5-11(15)8-16-12-6-3-10(13)4-7-12;;/h6-7,9-10,13,15,18H,3,5,8,11-12,21H2,1H3;6-7,9-10,13,15,18-19H,3,5,8,11-12H2,1H3;3-4,6-7,9,11,14H,2,5,8,17H2,1H3;3-4,6-7,9,11,14-15H,2,5,8H2,1H3;2*1H/t2*13?,15-;2*9?,11-;;/m0000../s1/i;;;;2*1+2. The van der Waals surface area contributed by atoms with Gasteiger partial charge in [0.05, 0.1) is 49.8 Å². The van der Waals surface area contributed by atoms with E-state index in [2.05, 4.69) is 42.6 Å². The molecule has 4 rings (SSSR count). The minimum atomic E-state index is -0.611. The molecule has 0 aliphatic heterocycles. The molecule has 12 nitrogen and oxygen atoms in total. The zero-order chi connectivity index (χ0) is 54.9. The van der Waals surface area contributed by atoms with Crippen LogP contribution in [-0.2, 0) is 9.05 Å². The van der Waals surface area contributed by atoms with Crippen LogP contribution >= 0.6 is 18.9 Å². The SMILES string of the molecule is CC(C#CCCO)CC[C@H](O)COc1ccc(F)cc1.CC(C#CCCOP)CC[C@H](O)COc1ccc(F)cc1.CC(CC[C@H](O)COc1ccc(F)cc1)OP.CC(O)CC[C@H](O)COc1ccc(F)cc1.[3HH].[3HH]. The smallest absolute Gasteiger partial charge is 0.123 e. The average Bonchev–Trinajstić information content (AvgIpc) is 3.39. The third kappa shape index (κ3) is 38.1. The number of hydrogen-bond donors (Lipinski definition) is 6. The molecule has 0 fully saturated rings. The van der Waals surface area contributed by atoms with Crippen molar-refractivity contribution < 1.29 is 79.0 Å². The summed E-state index contributed by atoms with van der Waals surface area (Å²) in [4.78, 5) is 0. The van der Waals surface area contributed by atoms with Crippen molar-refractivity contribution in [2.75, 3.05) is 39.6 Å². The molecule has 0 saturated carbocycles. The highest BCUT2D eigenvalue weighted by Crippen LogP contribution is 2.17. The molecule has 416 valence electrons. The fraction of sp³-hybridized carbons (Fsp3) is 0.500. The number of ether oxygens (including phenoxy) is 4. The highest BCUT2D eigenvalue weighted by Gasteiger charge is 2.11. The molecule has 74 heavy (non-hydrogen) atoms. The molecule has 6 N–H and O–H groups in total. The summed E-state index contributed by atoms with van der Waals surface area (Å²) in [5.74, 6) is 13.4. The quantitative estimate of drug-likeness (QED) is 0.0138. The predicted molar refractivity (Wildman–Crippen MR) is 291 cm³/mol. The molecule has 0 spiro atoms. The van der Waals surface area contributed by atoms with Gasteiger partial charge in [0.25, 0.3) is 0 Å². The maximum atomic E-state index is 12.7. The molecule has 0 saturated heterocycles. The maximum absolute atomic E-state index is 12.7. The van der Waals surface area contributed by atoms with E-state index in [4.69, 9.17) is 38.2 Å². The summed E-state index contributed by atoms with van der Waals surface area (Å²) in [5.41, 5.74) is 0. The summed E-state index contributed by atoms with van der Waals surface area (Å²) < 4.78 is 81.8. The zero-order valence-corrected chi connectivity index (χ0v) is 45.3. The van der Waals surface area contributed by atoms with Crippen LogP contribution in [0.5, 0.6) is 23.0 Å². The molecule has 0 heterocycles. The Morgan fingerprint density at radius 2 is 0.743 bits per heavy atom. The Morgan fingerprint density at radius 3 is 1.03 bits per heavy atom. The Labute approximate surface area is 443 Å². The fourth-order valence-electron chi connectivity index (χ4n) is 5.84. The highest BCUT2D eigenvalue weighted by molar-refractivity contribution is 7.10. The van der Waals surface area contributed by atoms with Crippen LogP contribution in [0.25, 0.3) is 0 Å². The van der Waals surface area contributed by atoms with Gasteiger partial charge in [-0.25, -0.2) is 17.6 Å². The van der Waals surface area contributed by atoms with E-state index in [1.807, 2.05) is 20.8 Å². The van der Waals surface area contributed by atoms with Gasteiger partial charge >= 0.3 is 0 Å². The van der Waals surface area contributed by atoms with E-state index in [1.165, 1.54) is 84.9 Å². The number of aliphatic hydroxyl groups excluding tert-OH is 6. The van der Waals surface area contributed by atoms with Crippen LogP contribution in [0.2, 0.25) is 0 Å². The summed E-state index contributed by atoms with van der Waals surface area (Å²) in [6.45, 7) is 9.04. The van der Waals surface area contributed by atoms with E-state index in [1.54, 1.807) is 19.1 Å². The number of halogens is 4. The van der Waals surface area contributed by atoms with E-state index in [0.717, 1.165) is 19.3 Å². The van der Waals surface area contributed by atoms with Gasteiger partial charge in [0.2, 0.25) is 0 Å². The van der Waals surface area contributed by atoms with Gasteiger partial charge in [-0.3, -0.25) is 0 Å². The lowest BCUT2D eigenvalue weighted by molar-refractivity contribution is 0.0809. The maximum Gasteiger partial charge on any atom is 0.123 e. The van der Waals surface area contributed by atoms with Crippen LogP contribution in [0.1, 0.15) is 94.8 Å². The summed E-state index contributed by atoms with van der Waals surface area (Å²) in [7, 11) is 4.40. The summed E-state index contributed by atoms with van der Waals surface area (Å²) in [6, 6.07) is 22.8. The second-order valence-electron chi connectivity index (χ2n) is 17.3. The van der Waals surface area contributed by atoms with Crippen molar-refractivity contribution >= 4 is 18.9 Å². The van der Waals surface area contributed by atoms with Gasteiger partial charge in [-0.05, 0) is 162 Å². The van der Waals surface area contributed by atoms with Crippen LogP contribution in [0, 0.1) is 58.8 Å². The first-order chi connectivity index (χ1) is 35.4. The molecule has 6 unspecified atom stereocenters. The first-order valence-electron chi connectivity index (χ1n) is 24.6. The van der Waals surface area contributed by atoms with E-state index in [0.29, 0.717) is 74.6 Å². The van der Waals surface area contributed by atoms with Crippen molar-refractivity contribution in [1.82, 2.24) is 0 Å². The van der Waals surface area contributed by atoms with Crippen molar-refractivity contribution in [3.8, 4) is 46.7 Å². The zero-order valence-electron chi connectivity index (χ0n) is 43.0. The van der Waals surface area contributed by atoms with E-state index < -0.39 is 30.5 Å². The Balaban J connectivity index is 0. The highest BCUT2D eigenvalue weighted by atomic mass is 31.0. The molecule has 0 bridgehead atoms. The van der Waals surface area contributed by atoms with Gasteiger partial charge in [-0.1, -0.05) is 13.8 Å². The third-order valence-electron chi connectivity index (χ3n) is 10.2. The van der Waals surface area contributed by atoms with Crippen LogP contribution in [0.15, 0.2) is 97.1 Å². The largest absolute Gasteiger partial charge is 0.491 e. The minimum Gasteiger partial charge on any atom is -0.491 e. The second kappa shape index (κ2) is 42.7. The van der Waals surface area contributed by atoms with E-state index >= 15 is 0 Å². The topological polar surface area (TPSA) is 177 Å². The van der Waals surface area contributed by atoms with E-state index in [9.17, 15) is 38.0 Å².